The normalized spacial score (nSPS) is 9.18. The summed E-state index contributed by atoms with van der Waals surface area (Å²) in [7, 11) is 0. The molecule has 11 heavy (non-hydrogen) atoms. The highest BCUT2D eigenvalue weighted by Gasteiger charge is 1.95. The van der Waals surface area contributed by atoms with Crippen molar-refractivity contribution in [1.29, 1.82) is 0 Å². The summed E-state index contributed by atoms with van der Waals surface area (Å²) in [5.74, 6) is 0. The van der Waals surface area contributed by atoms with Gasteiger partial charge in [-0.1, -0.05) is 12.0 Å². The van der Waals surface area contributed by atoms with Crippen LogP contribution in [-0.2, 0) is 13.0 Å². The Morgan fingerprint density at radius 2 is 2.27 bits per heavy atom. The molecule has 0 saturated carbocycles. The van der Waals surface area contributed by atoms with Gasteiger partial charge in [0.25, 0.3) is 0 Å². The van der Waals surface area contributed by atoms with Crippen LogP contribution in [0.25, 0.3) is 10.4 Å². The Kier molecular flexibility index (Phi) is 2.95. The molecule has 0 atom stereocenters. The van der Waals surface area contributed by atoms with E-state index >= 15 is 0 Å². The van der Waals surface area contributed by atoms with Gasteiger partial charge in [0.05, 0.1) is 6.54 Å². The molecule has 0 aliphatic heterocycles. The van der Waals surface area contributed by atoms with Crippen molar-refractivity contribution in [1.82, 2.24) is 0 Å². The standard InChI is InChI=1S/C7H9N3S/c1-2-6-3-4-7(11-6)5-9-10-8/h3-4H,2,5H2,1H3. The van der Waals surface area contributed by atoms with Crippen molar-refractivity contribution >= 4 is 11.3 Å². The van der Waals surface area contributed by atoms with Crippen LogP contribution in [0.1, 0.15) is 16.7 Å². The second-order valence-electron chi connectivity index (χ2n) is 2.11. The van der Waals surface area contributed by atoms with Crippen LogP contribution >= 0.6 is 11.3 Å². The summed E-state index contributed by atoms with van der Waals surface area (Å²) in [6, 6.07) is 4.09. The van der Waals surface area contributed by atoms with E-state index in [1.165, 1.54) is 4.88 Å². The molecule has 0 aliphatic rings. The molecule has 1 aromatic heterocycles. The molecule has 0 unspecified atom stereocenters. The molecule has 0 saturated heterocycles. The van der Waals surface area contributed by atoms with Crippen LogP contribution in [0.3, 0.4) is 0 Å². The highest BCUT2D eigenvalue weighted by molar-refractivity contribution is 7.11. The Labute approximate surface area is 69.3 Å². The Hall–Kier alpha value is -0.990. The second kappa shape index (κ2) is 4.01. The average molecular weight is 167 g/mol. The molecule has 1 rings (SSSR count). The van der Waals surface area contributed by atoms with E-state index in [2.05, 4.69) is 23.0 Å². The minimum atomic E-state index is 0.487. The molecule has 3 nitrogen and oxygen atoms in total. The van der Waals surface area contributed by atoms with Gasteiger partial charge in [0, 0.05) is 14.7 Å². The van der Waals surface area contributed by atoms with Gasteiger partial charge in [0.15, 0.2) is 0 Å². The van der Waals surface area contributed by atoms with Crippen molar-refractivity contribution in [3.8, 4) is 0 Å². The van der Waals surface area contributed by atoms with Crippen molar-refractivity contribution in [3.63, 3.8) is 0 Å². The fraction of sp³-hybridized carbons (Fsp3) is 0.429. The van der Waals surface area contributed by atoms with Gasteiger partial charge in [-0.15, -0.1) is 11.3 Å². The number of hydrogen-bond acceptors (Lipinski definition) is 2. The molecule has 58 valence electrons. The van der Waals surface area contributed by atoms with E-state index in [4.69, 9.17) is 5.53 Å². The zero-order valence-electron chi connectivity index (χ0n) is 6.32. The fourth-order valence-electron chi connectivity index (χ4n) is 0.799. The molecule has 0 spiro atoms. The van der Waals surface area contributed by atoms with Crippen molar-refractivity contribution < 1.29 is 0 Å². The minimum absolute atomic E-state index is 0.487. The van der Waals surface area contributed by atoms with Crippen LogP contribution in [0.2, 0.25) is 0 Å². The molecular formula is C7H9N3S. The Morgan fingerprint density at radius 1 is 1.55 bits per heavy atom. The van der Waals surface area contributed by atoms with Gasteiger partial charge in [-0.25, -0.2) is 0 Å². The van der Waals surface area contributed by atoms with Gasteiger partial charge in [-0.05, 0) is 24.1 Å². The minimum Gasteiger partial charge on any atom is -0.145 e. The maximum atomic E-state index is 8.05. The molecule has 0 fully saturated rings. The third-order valence-corrected chi connectivity index (χ3v) is 2.57. The lowest BCUT2D eigenvalue weighted by Gasteiger charge is -1.84. The summed E-state index contributed by atoms with van der Waals surface area (Å²) in [6.45, 7) is 2.60. The maximum absolute atomic E-state index is 8.05. The molecule has 1 aromatic rings. The summed E-state index contributed by atoms with van der Waals surface area (Å²) >= 11 is 1.71. The third kappa shape index (κ3) is 2.26. The van der Waals surface area contributed by atoms with E-state index in [9.17, 15) is 0 Å². The number of hydrogen-bond donors (Lipinski definition) is 0. The average Bonchev–Trinajstić information content (AvgIpc) is 2.48. The van der Waals surface area contributed by atoms with E-state index in [0.717, 1.165) is 11.3 Å². The summed E-state index contributed by atoms with van der Waals surface area (Å²) in [4.78, 5) is 5.18. The predicted molar refractivity (Wildman–Crippen MR) is 46.5 cm³/mol. The van der Waals surface area contributed by atoms with Gasteiger partial charge in [0.1, 0.15) is 0 Å². The lowest BCUT2D eigenvalue weighted by Crippen LogP contribution is -1.68. The first-order valence-corrected chi connectivity index (χ1v) is 4.27. The highest BCUT2D eigenvalue weighted by Crippen LogP contribution is 2.17. The SMILES string of the molecule is CCc1ccc(CN=[N+]=[N-])s1. The Bertz CT molecular complexity index is 273. The van der Waals surface area contributed by atoms with E-state index < -0.39 is 0 Å². The first kappa shape index (κ1) is 8.11. The molecule has 0 N–H and O–H groups in total. The Morgan fingerprint density at radius 3 is 2.82 bits per heavy atom. The first-order chi connectivity index (χ1) is 5.36. The Balaban J connectivity index is 2.64. The maximum Gasteiger partial charge on any atom is 0.0605 e. The number of azide groups is 1. The molecule has 0 radical (unpaired) electrons. The van der Waals surface area contributed by atoms with Crippen molar-refractivity contribution in [2.24, 2.45) is 5.11 Å². The zero-order valence-corrected chi connectivity index (χ0v) is 7.14. The van der Waals surface area contributed by atoms with Crippen molar-refractivity contribution in [2.75, 3.05) is 0 Å². The van der Waals surface area contributed by atoms with Gasteiger partial charge in [-0.2, -0.15) is 0 Å². The van der Waals surface area contributed by atoms with E-state index in [1.54, 1.807) is 11.3 Å². The monoisotopic (exact) mass is 167 g/mol. The lowest BCUT2D eigenvalue weighted by atomic mass is 10.4. The van der Waals surface area contributed by atoms with E-state index in [-0.39, 0.29) is 0 Å². The number of thiophene rings is 1. The predicted octanol–water partition coefficient (Wildman–Crippen LogP) is 3.12. The second-order valence-corrected chi connectivity index (χ2v) is 3.36. The molecular weight excluding hydrogens is 158 g/mol. The molecule has 4 heteroatoms. The third-order valence-electron chi connectivity index (χ3n) is 1.36. The van der Waals surface area contributed by atoms with Crippen LogP contribution in [0.15, 0.2) is 17.2 Å². The molecule has 1 heterocycles. The molecule has 0 bridgehead atoms. The molecule has 0 amide bonds. The highest BCUT2D eigenvalue weighted by atomic mass is 32.1. The smallest absolute Gasteiger partial charge is 0.0605 e. The summed E-state index contributed by atoms with van der Waals surface area (Å²) in [6.07, 6.45) is 1.06. The first-order valence-electron chi connectivity index (χ1n) is 3.45. The number of nitrogens with zero attached hydrogens (tertiary/aromatic N) is 3. The number of aryl methyl sites for hydroxylation is 1. The van der Waals surface area contributed by atoms with Gasteiger partial charge < -0.3 is 0 Å². The van der Waals surface area contributed by atoms with Crippen LogP contribution < -0.4 is 0 Å². The quantitative estimate of drug-likeness (QED) is 0.377. The van der Waals surface area contributed by atoms with Crippen molar-refractivity contribution in [2.45, 2.75) is 19.9 Å². The molecule has 0 aromatic carbocycles. The largest absolute Gasteiger partial charge is 0.145 e. The lowest BCUT2D eigenvalue weighted by molar-refractivity contribution is 1.08. The fourth-order valence-corrected chi connectivity index (χ4v) is 1.67. The van der Waals surface area contributed by atoms with Crippen LogP contribution in [0.4, 0.5) is 0 Å². The topological polar surface area (TPSA) is 48.8 Å². The van der Waals surface area contributed by atoms with Gasteiger partial charge in [-0.3, -0.25) is 0 Å². The number of rotatable bonds is 3. The zero-order chi connectivity index (χ0) is 8.10. The summed E-state index contributed by atoms with van der Waals surface area (Å²) in [5.41, 5.74) is 8.05. The van der Waals surface area contributed by atoms with Gasteiger partial charge >= 0.3 is 0 Å². The van der Waals surface area contributed by atoms with E-state index in [0.29, 0.717) is 6.54 Å². The van der Waals surface area contributed by atoms with Crippen LogP contribution in [-0.4, -0.2) is 0 Å². The van der Waals surface area contributed by atoms with Gasteiger partial charge in [0.2, 0.25) is 0 Å². The summed E-state index contributed by atoms with van der Waals surface area (Å²) in [5, 5.41) is 3.48. The molecule has 0 aliphatic carbocycles. The van der Waals surface area contributed by atoms with Crippen LogP contribution in [0, 0.1) is 0 Å². The summed E-state index contributed by atoms with van der Waals surface area (Å²) < 4.78 is 0. The van der Waals surface area contributed by atoms with Crippen LogP contribution in [0.5, 0.6) is 0 Å². The van der Waals surface area contributed by atoms with Crippen molar-refractivity contribution in [3.05, 3.63) is 32.3 Å². The van der Waals surface area contributed by atoms with E-state index in [1.807, 2.05) is 6.07 Å².